The predicted octanol–water partition coefficient (Wildman–Crippen LogP) is 2.83. The van der Waals surface area contributed by atoms with E-state index in [1.807, 2.05) is 12.1 Å². The molecule has 2 saturated carbocycles. The lowest BCUT2D eigenvalue weighted by molar-refractivity contribution is -0.152. The average molecular weight is 246 g/mol. The van der Waals surface area contributed by atoms with Crippen LogP contribution < -0.4 is 0 Å². The predicted molar refractivity (Wildman–Crippen MR) is 67.3 cm³/mol. The summed E-state index contributed by atoms with van der Waals surface area (Å²) >= 11 is 0. The first-order chi connectivity index (χ1) is 8.60. The van der Waals surface area contributed by atoms with Gasteiger partial charge in [-0.05, 0) is 55.2 Å². The van der Waals surface area contributed by atoms with E-state index in [9.17, 15) is 15.0 Å². The number of fused-ring (bicyclic) bond motifs is 2. The van der Waals surface area contributed by atoms with Crippen LogP contribution in [0.3, 0.4) is 0 Å². The molecule has 2 aliphatic carbocycles. The summed E-state index contributed by atoms with van der Waals surface area (Å²) < 4.78 is 0. The smallest absolute Gasteiger partial charge is 0.310 e. The molecule has 2 fully saturated rings. The summed E-state index contributed by atoms with van der Waals surface area (Å²) in [5, 5.41) is 18.9. The largest absolute Gasteiger partial charge is 0.508 e. The van der Waals surface area contributed by atoms with Crippen LogP contribution in [0, 0.1) is 17.3 Å². The molecule has 3 unspecified atom stereocenters. The maximum atomic E-state index is 11.7. The summed E-state index contributed by atoms with van der Waals surface area (Å²) in [7, 11) is 0. The van der Waals surface area contributed by atoms with E-state index in [0.717, 1.165) is 24.8 Å². The van der Waals surface area contributed by atoms with Gasteiger partial charge in [0.25, 0.3) is 0 Å². The van der Waals surface area contributed by atoms with Gasteiger partial charge in [0, 0.05) is 0 Å². The van der Waals surface area contributed by atoms with E-state index in [4.69, 9.17) is 0 Å². The van der Waals surface area contributed by atoms with Gasteiger partial charge in [-0.3, -0.25) is 4.79 Å². The van der Waals surface area contributed by atoms with E-state index in [2.05, 4.69) is 0 Å². The fourth-order valence-electron chi connectivity index (χ4n) is 3.98. The van der Waals surface area contributed by atoms with E-state index in [0.29, 0.717) is 18.3 Å². The van der Waals surface area contributed by atoms with Crippen molar-refractivity contribution >= 4 is 5.97 Å². The zero-order valence-corrected chi connectivity index (χ0v) is 10.3. The maximum absolute atomic E-state index is 11.7. The summed E-state index contributed by atoms with van der Waals surface area (Å²) in [4.78, 5) is 11.7. The number of phenolic OH excluding ortho intramolecular Hbond substituents is 1. The molecule has 3 heteroatoms. The molecule has 3 rings (SSSR count). The Kier molecular flexibility index (Phi) is 2.58. The molecule has 0 spiro atoms. The van der Waals surface area contributed by atoms with Gasteiger partial charge in [-0.25, -0.2) is 0 Å². The van der Waals surface area contributed by atoms with Crippen LogP contribution in [-0.4, -0.2) is 16.2 Å². The number of phenols is 1. The zero-order chi connectivity index (χ0) is 12.8. The fourth-order valence-corrected chi connectivity index (χ4v) is 3.98. The van der Waals surface area contributed by atoms with Gasteiger partial charge in [0.15, 0.2) is 0 Å². The molecule has 0 aromatic heterocycles. The number of rotatable bonds is 3. The maximum Gasteiger partial charge on any atom is 0.310 e. The lowest BCUT2D eigenvalue weighted by Gasteiger charge is -2.33. The van der Waals surface area contributed by atoms with E-state index in [-0.39, 0.29) is 5.75 Å². The highest BCUT2D eigenvalue weighted by molar-refractivity contribution is 5.76. The average Bonchev–Trinajstić information content (AvgIpc) is 2.93. The third kappa shape index (κ3) is 1.69. The molecule has 0 radical (unpaired) electrons. The van der Waals surface area contributed by atoms with E-state index >= 15 is 0 Å². The third-order valence-electron chi connectivity index (χ3n) is 4.86. The van der Waals surface area contributed by atoms with Crippen LogP contribution in [0.5, 0.6) is 5.75 Å². The number of carbonyl (C=O) groups is 1. The van der Waals surface area contributed by atoms with Crippen LogP contribution in [-0.2, 0) is 11.2 Å². The Bertz CT molecular complexity index is 465. The Morgan fingerprint density at radius 1 is 1.28 bits per heavy atom. The van der Waals surface area contributed by atoms with E-state index < -0.39 is 11.4 Å². The molecule has 3 nitrogen and oxygen atoms in total. The van der Waals surface area contributed by atoms with Crippen molar-refractivity contribution in [3.05, 3.63) is 29.8 Å². The first-order valence-corrected chi connectivity index (χ1v) is 6.61. The number of aliphatic carboxylic acids is 1. The SMILES string of the molecule is O=C(O)C1(Cc2ccc(O)cc2)CC2CCC1C2. The van der Waals surface area contributed by atoms with Gasteiger partial charge in [-0.15, -0.1) is 0 Å². The minimum atomic E-state index is -0.636. The minimum Gasteiger partial charge on any atom is -0.508 e. The van der Waals surface area contributed by atoms with Crippen molar-refractivity contribution in [1.82, 2.24) is 0 Å². The van der Waals surface area contributed by atoms with Gasteiger partial charge in [0.05, 0.1) is 5.41 Å². The Morgan fingerprint density at radius 2 is 2.00 bits per heavy atom. The zero-order valence-electron chi connectivity index (χ0n) is 10.3. The highest BCUT2D eigenvalue weighted by atomic mass is 16.4. The molecule has 2 N–H and O–H groups in total. The van der Waals surface area contributed by atoms with Crippen molar-refractivity contribution in [2.24, 2.45) is 17.3 Å². The molecule has 1 aromatic rings. The second kappa shape index (κ2) is 4.01. The van der Waals surface area contributed by atoms with Gasteiger partial charge in [0.1, 0.15) is 5.75 Å². The van der Waals surface area contributed by atoms with Gasteiger partial charge in [-0.1, -0.05) is 18.6 Å². The minimum absolute atomic E-state index is 0.232. The molecule has 0 heterocycles. The van der Waals surface area contributed by atoms with Crippen molar-refractivity contribution in [1.29, 1.82) is 0 Å². The Balaban J connectivity index is 1.88. The van der Waals surface area contributed by atoms with Gasteiger partial charge >= 0.3 is 5.97 Å². The summed E-state index contributed by atoms with van der Waals surface area (Å²) in [6.07, 6.45) is 4.78. The molecule has 96 valence electrons. The first-order valence-electron chi connectivity index (χ1n) is 6.61. The summed E-state index contributed by atoms with van der Waals surface area (Å²) in [6.45, 7) is 0. The molecule has 18 heavy (non-hydrogen) atoms. The highest BCUT2D eigenvalue weighted by Gasteiger charge is 2.55. The normalized spacial score (nSPS) is 33.8. The Hall–Kier alpha value is -1.51. The summed E-state index contributed by atoms with van der Waals surface area (Å²) in [6, 6.07) is 6.95. The van der Waals surface area contributed by atoms with Crippen LogP contribution in [0.2, 0.25) is 0 Å². The van der Waals surface area contributed by atoms with Crippen LogP contribution in [0.15, 0.2) is 24.3 Å². The third-order valence-corrected chi connectivity index (χ3v) is 4.86. The molecule has 2 bridgehead atoms. The molecule has 3 atom stereocenters. The molecule has 0 amide bonds. The number of carboxylic acid groups (broad SMARTS) is 1. The molecule has 0 saturated heterocycles. The number of benzene rings is 1. The van der Waals surface area contributed by atoms with Crippen molar-refractivity contribution in [2.75, 3.05) is 0 Å². The standard InChI is InChI=1S/C15H18O3/c16-13-5-2-10(3-6-13)8-15(14(17)18)9-11-1-4-12(15)7-11/h2-3,5-6,11-12,16H,1,4,7-9H2,(H,17,18). The monoisotopic (exact) mass is 246 g/mol. The van der Waals surface area contributed by atoms with Crippen molar-refractivity contribution in [3.63, 3.8) is 0 Å². The lowest BCUT2D eigenvalue weighted by Crippen LogP contribution is -2.38. The van der Waals surface area contributed by atoms with E-state index in [1.165, 1.54) is 6.42 Å². The second-order valence-corrected chi connectivity index (χ2v) is 5.88. The Morgan fingerprint density at radius 3 is 2.50 bits per heavy atom. The van der Waals surface area contributed by atoms with E-state index in [1.54, 1.807) is 12.1 Å². The molecule has 2 aliphatic rings. The topological polar surface area (TPSA) is 57.5 Å². The molecule has 0 aliphatic heterocycles. The Labute approximate surface area is 106 Å². The number of aromatic hydroxyl groups is 1. The molecular weight excluding hydrogens is 228 g/mol. The number of hydrogen-bond donors (Lipinski definition) is 2. The summed E-state index contributed by atoms with van der Waals surface area (Å²) in [5.41, 5.74) is 0.461. The van der Waals surface area contributed by atoms with Crippen LogP contribution in [0.1, 0.15) is 31.2 Å². The lowest BCUT2D eigenvalue weighted by atomic mass is 9.69. The van der Waals surface area contributed by atoms with Gasteiger partial charge < -0.3 is 10.2 Å². The first kappa shape index (κ1) is 11.6. The van der Waals surface area contributed by atoms with Crippen LogP contribution in [0.4, 0.5) is 0 Å². The molecule has 1 aromatic carbocycles. The summed E-state index contributed by atoms with van der Waals surface area (Å²) in [5.74, 6) is 0.552. The fraction of sp³-hybridized carbons (Fsp3) is 0.533. The number of hydrogen-bond acceptors (Lipinski definition) is 2. The van der Waals surface area contributed by atoms with Gasteiger partial charge in [0.2, 0.25) is 0 Å². The van der Waals surface area contributed by atoms with Crippen LogP contribution in [0.25, 0.3) is 0 Å². The molecular formula is C15H18O3. The second-order valence-electron chi connectivity index (χ2n) is 5.88. The number of carboxylic acids is 1. The van der Waals surface area contributed by atoms with Crippen LogP contribution >= 0.6 is 0 Å². The van der Waals surface area contributed by atoms with Gasteiger partial charge in [-0.2, -0.15) is 0 Å². The quantitative estimate of drug-likeness (QED) is 0.862. The van der Waals surface area contributed by atoms with Crippen molar-refractivity contribution in [2.45, 2.75) is 32.1 Å². The van der Waals surface area contributed by atoms with Crippen molar-refractivity contribution in [3.8, 4) is 5.75 Å². The van der Waals surface area contributed by atoms with Crippen molar-refractivity contribution < 1.29 is 15.0 Å². The highest BCUT2D eigenvalue weighted by Crippen LogP contribution is 2.57.